The first kappa shape index (κ1) is 14.6. The number of esters is 1. The van der Waals surface area contributed by atoms with E-state index in [1.54, 1.807) is 6.92 Å². The van der Waals surface area contributed by atoms with E-state index in [2.05, 4.69) is 5.32 Å². The molecule has 19 heavy (non-hydrogen) atoms. The third-order valence-corrected chi connectivity index (χ3v) is 2.34. The van der Waals surface area contributed by atoms with Crippen molar-refractivity contribution in [3.63, 3.8) is 0 Å². The molecule has 0 fully saturated rings. The van der Waals surface area contributed by atoms with Crippen LogP contribution >= 0.6 is 0 Å². The van der Waals surface area contributed by atoms with Crippen LogP contribution in [0.4, 0.5) is 5.69 Å². The molecule has 102 valence electrons. The molecule has 0 spiro atoms. The van der Waals surface area contributed by atoms with E-state index in [4.69, 9.17) is 4.74 Å². The molecule has 0 radical (unpaired) electrons. The number of benzene rings is 1. The van der Waals surface area contributed by atoms with Gasteiger partial charge in [-0.05, 0) is 26.0 Å². The van der Waals surface area contributed by atoms with Crippen molar-refractivity contribution in [2.75, 3.05) is 13.2 Å². The zero-order valence-corrected chi connectivity index (χ0v) is 10.6. The van der Waals surface area contributed by atoms with Gasteiger partial charge in [0.25, 0.3) is 11.6 Å². The number of nitro groups is 1. The summed E-state index contributed by atoms with van der Waals surface area (Å²) in [6.07, 6.45) is 0. The molecule has 0 aliphatic carbocycles. The molecule has 0 aliphatic rings. The molecule has 0 saturated carbocycles. The van der Waals surface area contributed by atoms with Gasteiger partial charge in [0.05, 0.1) is 10.5 Å². The Kier molecular flexibility index (Phi) is 4.99. The molecule has 1 N–H and O–H groups in total. The third-order valence-electron chi connectivity index (χ3n) is 2.34. The average molecular weight is 266 g/mol. The Bertz CT molecular complexity index is 513. The van der Waals surface area contributed by atoms with Gasteiger partial charge in [0.1, 0.15) is 0 Å². The zero-order valence-electron chi connectivity index (χ0n) is 10.6. The fourth-order valence-corrected chi connectivity index (χ4v) is 1.45. The summed E-state index contributed by atoms with van der Waals surface area (Å²) in [7, 11) is 0. The van der Waals surface area contributed by atoms with E-state index in [1.807, 2.05) is 0 Å². The van der Waals surface area contributed by atoms with E-state index >= 15 is 0 Å². The number of carbonyl (C=O) groups excluding carboxylic acids is 2. The Hall–Kier alpha value is -2.44. The summed E-state index contributed by atoms with van der Waals surface area (Å²) in [5, 5.41) is 13.1. The number of rotatable bonds is 5. The molecule has 1 rings (SSSR count). The Labute approximate surface area is 109 Å². The number of likely N-dealkylation sites (N-methyl/N-ethyl adjacent to an activating group) is 1. The summed E-state index contributed by atoms with van der Waals surface area (Å²) >= 11 is 0. The highest BCUT2D eigenvalue weighted by Gasteiger charge is 2.15. The first-order valence-electron chi connectivity index (χ1n) is 5.64. The fourth-order valence-electron chi connectivity index (χ4n) is 1.45. The van der Waals surface area contributed by atoms with Crippen LogP contribution in [0.5, 0.6) is 0 Å². The minimum absolute atomic E-state index is 0.0692. The lowest BCUT2D eigenvalue weighted by Gasteiger charge is -2.05. The molecule has 1 amide bonds. The van der Waals surface area contributed by atoms with Crippen molar-refractivity contribution in [1.82, 2.24) is 5.32 Å². The highest BCUT2D eigenvalue weighted by Crippen LogP contribution is 2.19. The van der Waals surface area contributed by atoms with E-state index in [0.29, 0.717) is 12.1 Å². The van der Waals surface area contributed by atoms with Gasteiger partial charge in [-0.2, -0.15) is 0 Å². The summed E-state index contributed by atoms with van der Waals surface area (Å²) in [4.78, 5) is 32.8. The Morgan fingerprint density at radius 3 is 2.63 bits per heavy atom. The number of aryl methyl sites for hydroxylation is 1. The van der Waals surface area contributed by atoms with Crippen LogP contribution in [0.15, 0.2) is 18.2 Å². The number of hydrogen-bond donors (Lipinski definition) is 1. The van der Waals surface area contributed by atoms with Gasteiger partial charge in [-0.1, -0.05) is 0 Å². The van der Waals surface area contributed by atoms with Crippen molar-refractivity contribution < 1.29 is 19.2 Å². The lowest BCUT2D eigenvalue weighted by molar-refractivity contribution is -0.385. The predicted molar refractivity (Wildman–Crippen MR) is 66.8 cm³/mol. The minimum Gasteiger partial charge on any atom is -0.452 e. The lowest BCUT2D eigenvalue weighted by Crippen LogP contribution is -2.28. The average Bonchev–Trinajstić information content (AvgIpc) is 2.35. The Morgan fingerprint density at radius 2 is 2.11 bits per heavy atom. The molecule has 1 aromatic rings. The van der Waals surface area contributed by atoms with E-state index < -0.39 is 16.8 Å². The SMILES string of the molecule is CCNC(=O)COC(=O)c1ccc([N+](=O)[O-])c(C)c1. The van der Waals surface area contributed by atoms with Gasteiger partial charge in [-0.25, -0.2) is 4.79 Å². The first-order chi connectivity index (χ1) is 8.95. The molecule has 0 heterocycles. The second-order valence-electron chi connectivity index (χ2n) is 3.79. The third kappa shape index (κ3) is 4.06. The maximum Gasteiger partial charge on any atom is 0.338 e. The second kappa shape index (κ2) is 6.48. The van der Waals surface area contributed by atoms with Crippen LogP contribution in [0, 0.1) is 17.0 Å². The Morgan fingerprint density at radius 1 is 1.42 bits per heavy atom. The number of nitrogens with zero attached hydrogens (tertiary/aromatic N) is 1. The molecule has 0 saturated heterocycles. The van der Waals surface area contributed by atoms with Crippen LogP contribution in [-0.4, -0.2) is 30.0 Å². The molecule has 0 unspecified atom stereocenters. The highest BCUT2D eigenvalue weighted by molar-refractivity contribution is 5.91. The largest absolute Gasteiger partial charge is 0.452 e. The van der Waals surface area contributed by atoms with Gasteiger partial charge in [0.15, 0.2) is 6.61 Å². The van der Waals surface area contributed by atoms with Gasteiger partial charge in [-0.3, -0.25) is 14.9 Å². The van der Waals surface area contributed by atoms with Crippen molar-refractivity contribution in [1.29, 1.82) is 0 Å². The van der Waals surface area contributed by atoms with E-state index in [0.717, 1.165) is 0 Å². The number of amides is 1. The highest BCUT2D eigenvalue weighted by atomic mass is 16.6. The monoisotopic (exact) mass is 266 g/mol. The normalized spacial score (nSPS) is 9.79. The number of carbonyl (C=O) groups is 2. The van der Waals surface area contributed by atoms with Crippen LogP contribution in [0.3, 0.4) is 0 Å². The van der Waals surface area contributed by atoms with Crippen molar-refractivity contribution in [2.24, 2.45) is 0 Å². The second-order valence-corrected chi connectivity index (χ2v) is 3.79. The van der Waals surface area contributed by atoms with Crippen molar-refractivity contribution in [2.45, 2.75) is 13.8 Å². The van der Waals surface area contributed by atoms with Crippen molar-refractivity contribution in [3.8, 4) is 0 Å². The molecule has 1 aromatic carbocycles. The zero-order chi connectivity index (χ0) is 14.4. The standard InChI is InChI=1S/C12H14N2O5/c1-3-13-11(15)7-19-12(16)9-4-5-10(14(17)18)8(2)6-9/h4-6H,3,7H2,1-2H3,(H,13,15). The van der Waals surface area contributed by atoms with Crippen LogP contribution in [0.25, 0.3) is 0 Å². The molecule has 7 heteroatoms. The van der Waals surface area contributed by atoms with Crippen LogP contribution < -0.4 is 5.32 Å². The van der Waals surface area contributed by atoms with E-state index in [9.17, 15) is 19.7 Å². The van der Waals surface area contributed by atoms with Crippen molar-refractivity contribution in [3.05, 3.63) is 39.4 Å². The van der Waals surface area contributed by atoms with Gasteiger partial charge < -0.3 is 10.1 Å². The molecule has 0 aromatic heterocycles. The van der Waals surface area contributed by atoms with E-state index in [1.165, 1.54) is 25.1 Å². The molecule has 7 nitrogen and oxygen atoms in total. The number of ether oxygens (including phenoxy) is 1. The van der Waals surface area contributed by atoms with Gasteiger partial charge in [0, 0.05) is 18.2 Å². The summed E-state index contributed by atoms with van der Waals surface area (Å²) in [5.41, 5.74) is 0.463. The van der Waals surface area contributed by atoms with Crippen LogP contribution in [0.1, 0.15) is 22.8 Å². The molecule has 0 bridgehead atoms. The Balaban J connectivity index is 2.70. The number of hydrogen-bond acceptors (Lipinski definition) is 5. The summed E-state index contributed by atoms with van der Waals surface area (Å²) in [6.45, 7) is 3.36. The summed E-state index contributed by atoms with van der Waals surface area (Å²) < 4.78 is 4.78. The molecular formula is C12H14N2O5. The van der Waals surface area contributed by atoms with Crippen LogP contribution in [-0.2, 0) is 9.53 Å². The maximum absolute atomic E-state index is 11.6. The maximum atomic E-state index is 11.6. The topological polar surface area (TPSA) is 98.5 Å². The van der Waals surface area contributed by atoms with Gasteiger partial charge in [0.2, 0.25) is 0 Å². The summed E-state index contributed by atoms with van der Waals surface area (Å²) in [6, 6.07) is 3.89. The van der Waals surface area contributed by atoms with Gasteiger partial charge >= 0.3 is 5.97 Å². The van der Waals surface area contributed by atoms with Crippen LogP contribution in [0.2, 0.25) is 0 Å². The molecule has 0 atom stereocenters. The van der Waals surface area contributed by atoms with E-state index in [-0.39, 0.29) is 17.9 Å². The first-order valence-corrected chi connectivity index (χ1v) is 5.64. The summed E-state index contributed by atoms with van der Waals surface area (Å²) in [5.74, 6) is -1.08. The lowest BCUT2D eigenvalue weighted by atomic mass is 10.1. The molecule has 0 aliphatic heterocycles. The smallest absolute Gasteiger partial charge is 0.338 e. The fraction of sp³-hybridized carbons (Fsp3) is 0.333. The quantitative estimate of drug-likeness (QED) is 0.490. The number of nitro benzene ring substituents is 1. The molecular weight excluding hydrogens is 252 g/mol. The van der Waals surface area contributed by atoms with Gasteiger partial charge in [-0.15, -0.1) is 0 Å². The number of nitrogens with one attached hydrogen (secondary N) is 1. The van der Waals surface area contributed by atoms with Crippen molar-refractivity contribution >= 4 is 17.6 Å². The minimum atomic E-state index is -0.691. The predicted octanol–water partition coefficient (Wildman–Crippen LogP) is 1.20.